The van der Waals surface area contributed by atoms with Gasteiger partial charge in [0.05, 0.1) is 17.7 Å². The Morgan fingerprint density at radius 3 is 2.77 bits per heavy atom. The number of carbonyl (C=O) groups is 2. The van der Waals surface area contributed by atoms with E-state index in [9.17, 15) is 9.59 Å². The van der Waals surface area contributed by atoms with E-state index < -0.39 is 6.03 Å². The van der Waals surface area contributed by atoms with Crippen molar-refractivity contribution in [3.8, 4) is 0 Å². The van der Waals surface area contributed by atoms with Gasteiger partial charge in [-0.1, -0.05) is 5.16 Å². The zero-order chi connectivity index (χ0) is 15.7. The molecule has 7 nitrogen and oxygen atoms in total. The molecule has 1 aromatic heterocycles. The summed E-state index contributed by atoms with van der Waals surface area (Å²) >= 11 is 0. The Hall–Kier alpha value is -2.05. The highest BCUT2D eigenvalue weighted by molar-refractivity contribution is 5.81. The monoisotopic (exact) mass is 306 g/mol. The summed E-state index contributed by atoms with van der Waals surface area (Å²) in [5.74, 6) is 0.694. The van der Waals surface area contributed by atoms with Crippen molar-refractivity contribution in [1.82, 2.24) is 15.0 Å². The largest absolute Gasteiger partial charge is 0.359 e. The van der Waals surface area contributed by atoms with Crippen molar-refractivity contribution in [3.05, 3.63) is 17.5 Å². The molecule has 1 aromatic rings. The molecule has 3 heterocycles. The Morgan fingerprint density at radius 1 is 1.32 bits per heavy atom. The first-order valence-corrected chi connectivity index (χ1v) is 7.84. The highest BCUT2D eigenvalue weighted by atomic mass is 16.5. The van der Waals surface area contributed by atoms with Gasteiger partial charge in [-0.2, -0.15) is 0 Å². The topological polar surface area (TPSA) is 92.7 Å². The maximum atomic E-state index is 12.8. The summed E-state index contributed by atoms with van der Waals surface area (Å²) in [6.45, 7) is 3.67. The first-order valence-electron chi connectivity index (χ1n) is 7.84. The SMILES string of the molecule is Cc1cc([C@H]2CCCN2C(=O)[C@@H]2CCCN(C(N)=O)C2)on1. The number of piperidine rings is 1. The number of hydrogen-bond acceptors (Lipinski definition) is 4. The molecule has 2 saturated heterocycles. The molecule has 2 fully saturated rings. The van der Waals surface area contributed by atoms with Crippen LogP contribution in [0.4, 0.5) is 4.79 Å². The molecule has 0 bridgehead atoms. The fourth-order valence-corrected chi connectivity index (χ4v) is 3.48. The Morgan fingerprint density at radius 2 is 2.09 bits per heavy atom. The molecular weight excluding hydrogens is 284 g/mol. The highest BCUT2D eigenvalue weighted by Gasteiger charge is 2.37. The van der Waals surface area contributed by atoms with Crippen LogP contribution in [-0.4, -0.2) is 46.5 Å². The lowest BCUT2D eigenvalue weighted by Gasteiger charge is -2.34. The van der Waals surface area contributed by atoms with Crippen LogP contribution in [0.15, 0.2) is 10.6 Å². The first kappa shape index (κ1) is 14.9. The van der Waals surface area contributed by atoms with Gasteiger partial charge in [-0.3, -0.25) is 4.79 Å². The number of aromatic nitrogens is 1. The fourth-order valence-electron chi connectivity index (χ4n) is 3.48. The number of aryl methyl sites for hydroxylation is 1. The summed E-state index contributed by atoms with van der Waals surface area (Å²) in [5.41, 5.74) is 6.17. The highest BCUT2D eigenvalue weighted by Crippen LogP contribution is 2.34. The molecule has 2 aliphatic rings. The summed E-state index contributed by atoms with van der Waals surface area (Å²) in [6, 6.07) is 1.42. The van der Waals surface area contributed by atoms with E-state index in [-0.39, 0.29) is 17.9 Å². The third kappa shape index (κ3) is 2.80. The van der Waals surface area contributed by atoms with Gasteiger partial charge in [0, 0.05) is 25.7 Å². The Balaban J connectivity index is 1.72. The molecular formula is C15H22N4O3. The van der Waals surface area contributed by atoms with Crippen LogP contribution in [0.25, 0.3) is 0 Å². The van der Waals surface area contributed by atoms with Crippen LogP contribution in [-0.2, 0) is 4.79 Å². The number of amides is 3. The maximum absolute atomic E-state index is 12.8. The van der Waals surface area contributed by atoms with Crippen molar-refractivity contribution < 1.29 is 14.1 Å². The third-order valence-corrected chi connectivity index (χ3v) is 4.59. The zero-order valence-electron chi connectivity index (χ0n) is 12.8. The molecule has 3 amide bonds. The number of likely N-dealkylation sites (tertiary alicyclic amines) is 2. The fraction of sp³-hybridized carbons (Fsp3) is 0.667. The van der Waals surface area contributed by atoms with Crippen molar-refractivity contribution in [2.45, 2.75) is 38.6 Å². The van der Waals surface area contributed by atoms with Crippen molar-refractivity contribution in [2.24, 2.45) is 11.7 Å². The summed E-state index contributed by atoms with van der Waals surface area (Å²) in [4.78, 5) is 27.6. The van der Waals surface area contributed by atoms with E-state index in [1.165, 1.54) is 0 Å². The lowest BCUT2D eigenvalue weighted by Crippen LogP contribution is -2.48. The van der Waals surface area contributed by atoms with Crippen LogP contribution >= 0.6 is 0 Å². The number of urea groups is 1. The summed E-state index contributed by atoms with van der Waals surface area (Å²) in [7, 11) is 0. The Labute approximate surface area is 129 Å². The number of nitrogens with two attached hydrogens (primary N) is 1. The maximum Gasteiger partial charge on any atom is 0.314 e. The number of carbonyl (C=O) groups excluding carboxylic acids is 2. The molecule has 2 N–H and O–H groups in total. The lowest BCUT2D eigenvalue weighted by atomic mass is 9.96. The predicted octanol–water partition coefficient (Wildman–Crippen LogP) is 1.44. The average molecular weight is 306 g/mol. The van der Waals surface area contributed by atoms with Crippen LogP contribution in [0.5, 0.6) is 0 Å². The second-order valence-electron chi connectivity index (χ2n) is 6.18. The van der Waals surface area contributed by atoms with E-state index in [1.807, 2.05) is 17.9 Å². The van der Waals surface area contributed by atoms with E-state index >= 15 is 0 Å². The molecule has 0 aromatic carbocycles. The van der Waals surface area contributed by atoms with Crippen LogP contribution < -0.4 is 5.73 Å². The molecule has 3 rings (SSSR count). The van der Waals surface area contributed by atoms with E-state index in [1.54, 1.807) is 4.90 Å². The molecule has 22 heavy (non-hydrogen) atoms. The predicted molar refractivity (Wildman–Crippen MR) is 78.8 cm³/mol. The smallest absolute Gasteiger partial charge is 0.314 e. The minimum Gasteiger partial charge on any atom is -0.359 e. The van der Waals surface area contributed by atoms with Gasteiger partial charge in [-0.25, -0.2) is 4.79 Å². The number of hydrogen-bond donors (Lipinski definition) is 1. The molecule has 2 atom stereocenters. The van der Waals surface area contributed by atoms with Gasteiger partial charge < -0.3 is 20.1 Å². The van der Waals surface area contributed by atoms with Crippen molar-refractivity contribution >= 4 is 11.9 Å². The van der Waals surface area contributed by atoms with Crippen LogP contribution in [0.2, 0.25) is 0 Å². The van der Waals surface area contributed by atoms with Crippen molar-refractivity contribution in [2.75, 3.05) is 19.6 Å². The standard InChI is InChI=1S/C15H22N4O3/c1-10-8-13(22-17-10)12-5-3-7-19(12)14(20)11-4-2-6-18(9-11)15(16)21/h8,11-12H,2-7,9H2,1H3,(H2,16,21)/t11-,12-/m1/s1. The molecule has 0 aliphatic carbocycles. The number of rotatable bonds is 2. The normalized spacial score (nSPS) is 25.5. The van der Waals surface area contributed by atoms with Gasteiger partial charge in [0.1, 0.15) is 0 Å². The van der Waals surface area contributed by atoms with E-state index in [0.717, 1.165) is 43.7 Å². The molecule has 0 spiro atoms. The summed E-state index contributed by atoms with van der Waals surface area (Å²) < 4.78 is 5.35. The Bertz CT molecular complexity index is 571. The van der Waals surface area contributed by atoms with Crippen molar-refractivity contribution in [3.63, 3.8) is 0 Å². The van der Waals surface area contributed by atoms with E-state index in [4.69, 9.17) is 10.3 Å². The average Bonchev–Trinajstić information content (AvgIpc) is 3.15. The van der Waals surface area contributed by atoms with Gasteiger partial charge in [0.25, 0.3) is 0 Å². The number of primary amides is 1. The molecule has 0 radical (unpaired) electrons. The van der Waals surface area contributed by atoms with Crippen molar-refractivity contribution in [1.29, 1.82) is 0 Å². The molecule has 7 heteroatoms. The van der Waals surface area contributed by atoms with Crippen LogP contribution in [0.3, 0.4) is 0 Å². The van der Waals surface area contributed by atoms with Crippen LogP contribution in [0.1, 0.15) is 43.2 Å². The molecule has 0 saturated carbocycles. The second-order valence-corrected chi connectivity index (χ2v) is 6.18. The first-order chi connectivity index (χ1) is 10.6. The van der Waals surface area contributed by atoms with Crippen LogP contribution in [0, 0.1) is 12.8 Å². The minimum absolute atomic E-state index is 0.0299. The Kier molecular flexibility index (Phi) is 4.04. The number of nitrogens with zero attached hydrogens (tertiary/aromatic N) is 3. The summed E-state index contributed by atoms with van der Waals surface area (Å²) in [6.07, 6.45) is 3.48. The van der Waals surface area contributed by atoms with Gasteiger partial charge in [-0.05, 0) is 32.6 Å². The van der Waals surface area contributed by atoms with E-state index in [0.29, 0.717) is 13.1 Å². The van der Waals surface area contributed by atoms with Gasteiger partial charge in [-0.15, -0.1) is 0 Å². The molecule has 120 valence electrons. The zero-order valence-corrected chi connectivity index (χ0v) is 12.8. The quantitative estimate of drug-likeness (QED) is 0.894. The minimum atomic E-state index is -0.443. The van der Waals surface area contributed by atoms with Gasteiger partial charge in [0.15, 0.2) is 5.76 Å². The van der Waals surface area contributed by atoms with Gasteiger partial charge >= 0.3 is 6.03 Å². The van der Waals surface area contributed by atoms with Gasteiger partial charge in [0.2, 0.25) is 5.91 Å². The lowest BCUT2D eigenvalue weighted by molar-refractivity contribution is -0.138. The van der Waals surface area contributed by atoms with E-state index in [2.05, 4.69) is 5.16 Å². The molecule has 2 aliphatic heterocycles. The second kappa shape index (κ2) is 5.98. The molecule has 0 unspecified atom stereocenters. The summed E-state index contributed by atoms with van der Waals surface area (Å²) in [5, 5.41) is 3.92. The third-order valence-electron chi connectivity index (χ3n) is 4.59.